The summed E-state index contributed by atoms with van der Waals surface area (Å²) in [5.41, 5.74) is 1.56. The zero-order valence-corrected chi connectivity index (χ0v) is 18.6. The van der Waals surface area contributed by atoms with Crippen molar-refractivity contribution in [3.8, 4) is 5.75 Å². The molecule has 0 saturated heterocycles. The molecular weight excluding hydrogens is 363 g/mol. The van der Waals surface area contributed by atoms with Gasteiger partial charge in [0, 0.05) is 10.8 Å². The van der Waals surface area contributed by atoms with E-state index in [1.54, 1.807) is 6.07 Å². The van der Waals surface area contributed by atoms with E-state index in [1.165, 1.54) is 0 Å². The van der Waals surface area contributed by atoms with Gasteiger partial charge in [-0.1, -0.05) is 71.9 Å². The molecule has 28 heavy (non-hydrogen) atoms. The highest BCUT2D eigenvalue weighted by molar-refractivity contribution is 6.78. The van der Waals surface area contributed by atoms with Gasteiger partial charge in [-0.05, 0) is 56.4 Å². The van der Waals surface area contributed by atoms with Gasteiger partial charge in [0.05, 0.1) is 0 Å². The largest absolute Gasteiger partial charge is 0.543 e. The van der Waals surface area contributed by atoms with Crippen molar-refractivity contribution < 1.29 is 8.82 Å². The van der Waals surface area contributed by atoms with Crippen LogP contribution in [0.25, 0.3) is 32.3 Å². The molecule has 0 amide bonds. The second-order valence-electron chi connectivity index (χ2n) is 8.99. The molecule has 4 aromatic rings. The molecule has 4 aromatic carbocycles. The Morgan fingerprint density at radius 3 is 1.75 bits per heavy atom. The summed E-state index contributed by atoms with van der Waals surface area (Å²) in [6, 6.07) is 15.9. The maximum absolute atomic E-state index is 14.4. The highest BCUT2D eigenvalue weighted by Crippen LogP contribution is 2.44. The standard InChI is InChI=1S/C25H29FOSi/c1-15(2)28(16(3)4,17(5)6)27-21-13-19-8-7-18-10-12-23(26)22-11-9-20(14-21)24(19)25(18)22/h7-17H,1-6H3. The van der Waals surface area contributed by atoms with Gasteiger partial charge in [-0.2, -0.15) is 0 Å². The van der Waals surface area contributed by atoms with E-state index in [9.17, 15) is 4.39 Å². The summed E-state index contributed by atoms with van der Waals surface area (Å²) < 4.78 is 21.3. The minimum atomic E-state index is -2.02. The van der Waals surface area contributed by atoms with Crippen LogP contribution < -0.4 is 4.43 Å². The van der Waals surface area contributed by atoms with Crippen molar-refractivity contribution in [1.82, 2.24) is 0 Å². The van der Waals surface area contributed by atoms with Crippen molar-refractivity contribution in [2.45, 2.75) is 58.2 Å². The summed E-state index contributed by atoms with van der Waals surface area (Å²) in [5.74, 6) is 0.794. The second-order valence-corrected chi connectivity index (χ2v) is 14.4. The zero-order chi connectivity index (χ0) is 20.2. The van der Waals surface area contributed by atoms with Crippen LogP contribution in [0.2, 0.25) is 16.6 Å². The molecule has 0 aliphatic heterocycles. The number of hydrogen-bond donors (Lipinski definition) is 0. The van der Waals surface area contributed by atoms with Gasteiger partial charge in [-0.15, -0.1) is 0 Å². The fourth-order valence-corrected chi connectivity index (χ4v) is 10.6. The lowest BCUT2D eigenvalue weighted by molar-refractivity contribution is 0.481. The van der Waals surface area contributed by atoms with Crippen molar-refractivity contribution in [3.63, 3.8) is 0 Å². The molecular formula is C25H29FOSi. The summed E-state index contributed by atoms with van der Waals surface area (Å²) in [7, 11) is -2.02. The summed E-state index contributed by atoms with van der Waals surface area (Å²) in [6.45, 7) is 13.8. The monoisotopic (exact) mass is 392 g/mol. The molecule has 0 atom stereocenters. The fourth-order valence-electron chi connectivity index (χ4n) is 5.37. The van der Waals surface area contributed by atoms with Gasteiger partial charge in [-0.3, -0.25) is 0 Å². The number of rotatable bonds is 5. The van der Waals surface area contributed by atoms with Crippen LogP contribution in [0.15, 0.2) is 48.5 Å². The third-order valence-corrected chi connectivity index (χ3v) is 12.5. The summed E-state index contributed by atoms with van der Waals surface area (Å²) in [4.78, 5) is 0. The van der Waals surface area contributed by atoms with Crippen molar-refractivity contribution in [2.24, 2.45) is 0 Å². The second kappa shape index (κ2) is 6.73. The molecule has 0 aliphatic carbocycles. The molecule has 0 radical (unpaired) electrons. The molecule has 0 aliphatic rings. The minimum Gasteiger partial charge on any atom is -0.543 e. The maximum atomic E-state index is 14.4. The van der Waals surface area contributed by atoms with Crippen molar-refractivity contribution in [3.05, 3.63) is 54.3 Å². The quantitative estimate of drug-likeness (QED) is 0.245. The summed E-state index contributed by atoms with van der Waals surface area (Å²) in [6.07, 6.45) is 0. The highest BCUT2D eigenvalue weighted by atomic mass is 28.4. The Labute approximate surface area is 168 Å². The average molecular weight is 393 g/mol. The van der Waals surface area contributed by atoms with E-state index in [4.69, 9.17) is 4.43 Å². The van der Waals surface area contributed by atoms with Gasteiger partial charge in [0.15, 0.2) is 0 Å². The molecule has 0 heterocycles. The number of benzene rings is 4. The Morgan fingerprint density at radius 2 is 1.18 bits per heavy atom. The molecule has 0 fully saturated rings. The third kappa shape index (κ3) is 2.71. The number of halogens is 1. The first-order valence-electron chi connectivity index (χ1n) is 10.3. The predicted molar refractivity (Wildman–Crippen MR) is 122 cm³/mol. The lowest BCUT2D eigenvalue weighted by Gasteiger charge is -2.42. The fraction of sp³-hybridized carbons (Fsp3) is 0.360. The van der Waals surface area contributed by atoms with Crippen molar-refractivity contribution in [2.75, 3.05) is 0 Å². The van der Waals surface area contributed by atoms with Crippen LogP contribution >= 0.6 is 0 Å². The third-order valence-electron chi connectivity index (χ3n) is 6.52. The highest BCUT2D eigenvalue weighted by Gasteiger charge is 2.47. The Kier molecular flexibility index (Phi) is 4.62. The Morgan fingerprint density at radius 1 is 0.679 bits per heavy atom. The van der Waals surface area contributed by atoms with Crippen molar-refractivity contribution in [1.29, 1.82) is 0 Å². The Hall–Kier alpha value is -2.13. The first-order valence-corrected chi connectivity index (χ1v) is 12.5. The topological polar surface area (TPSA) is 9.23 Å². The lowest BCUT2D eigenvalue weighted by atomic mass is 9.94. The molecule has 3 heteroatoms. The van der Waals surface area contributed by atoms with E-state index in [0.717, 1.165) is 32.7 Å². The predicted octanol–water partition coefficient (Wildman–Crippen LogP) is 8.28. The Bertz CT molecular complexity index is 1110. The van der Waals surface area contributed by atoms with Gasteiger partial charge < -0.3 is 4.43 Å². The first kappa shape index (κ1) is 19.2. The van der Waals surface area contributed by atoms with Crippen LogP contribution in [0.1, 0.15) is 41.5 Å². The van der Waals surface area contributed by atoms with E-state index in [2.05, 4.69) is 65.8 Å². The molecule has 146 valence electrons. The molecule has 0 unspecified atom stereocenters. The molecule has 0 saturated carbocycles. The molecule has 0 N–H and O–H groups in total. The Balaban J connectivity index is 1.94. The van der Waals surface area contributed by atoms with Crippen LogP contribution in [0.3, 0.4) is 0 Å². The molecule has 1 nitrogen and oxygen atoms in total. The van der Waals surface area contributed by atoms with Gasteiger partial charge in [0.25, 0.3) is 8.32 Å². The van der Waals surface area contributed by atoms with Crippen molar-refractivity contribution >= 4 is 40.6 Å². The molecule has 0 aromatic heterocycles. The van der Waals surface area contributed by atoms with Gasteiger partial charge >= 0.3 is 0 Å². The minimum absolute atomic E-state index is 0.159. The van der Waals surface area contributed by atoms with E-state index < -0.39 is 8.32 Å². The molecule has 0 bridgehead atoms. The van der Waals surface area contributed by atoms with E-state index >= 15 is 0 Å². The zero-order valence-electron chi connectivity index (χ0n) is 17.6. The van der Waals surface area contributed by atoms with Crippen LogP contribution in [0.5, 0.6) is 5.75 Å². The van der Waals surface area contributed by atoms with Crippen LogP contribution in [-0.2, 0) is 0 Å². The average Bonchev–Trinajstić information content (AvgIpc) is 2.64. The van der Waals surface area contributed by atoms with E-state index in [-0.39, 0.29) is 5.82 Å². The molecule has 4 rings (SSSR count). The van der Waals surface area contributed by atoms with Gasteiger partial charge in [0.1, 0.15) is 11.6 Å². The summed E-state index contributed by atoms with van der Waals surface area (Å²) in [5, 5.41) is 6.16. The van der Waals surface area contributed by atoms with Crippen LogP contribution in [0, 0.1) is 5.82 Å². The maximum Gasteiger partial charge on any atom is 0.258 e. The molecule has 0 spiro atoms. The smallest absolute Gasteiger partial charge is 0.258 e. The SMILES string of the molecule is CC(C)[Si](Oc1cc2ccc3ccc(F)c4ccc(c1)c2c34)(C(C)C)C(C)C. The lowest BCUT2D eigenvalue weighted by Crippen LogP contribution is -2.50. The van der Waals surface area contributed by atoms with Crippen LogP contribution in [-0.4, -0.2) is 8.32 Å². The summed E-state index contributed by atoms with van der Waals surface area (Å²) >= 11 is 0. The number of hydrogen-bond acceptors (Lipinski definition) is 1. The first-order chi connectivity index (χ1) is 13.3. The van der Waals surface area contributed by atoms with Gasteiger partial charge in [-0.25, -0.2) is 4.39 Å². The van der Waals surface area contributed by atoms with E-state index in [0.29, 0.717) is 22.0 Å². The van der Waals surface area contributed by atoms with Crippen LogP contribution in [0.4, 0.5) is 4.39 Å². The van der Waals surface area contributed by atoms with Gasteiger partial charge in [0.2, 0.25) is 0 Å². The van der Waals surface area contributed by atoms with E-state index in [1.807, 2.05) is 18.2 Å². The normalized spacial score (nSPS) is 13.1.